The van der Waals surface area contributed by atoms with Crippen molar-refractivity contribution in [2.45, 2.75) is 32.6 Å². The number of nitrogens with zero attached hydrogens (tertiary/aromatic N) is 1. The van der Waals surface area contributed by atoms with Crippen LogP contribution >= 0.6 is 11.6 Å². The van der Waals surface area contributed by atoms with Crippen molar-refractivity contribution in [3.63, 3.8) is 0 Å². The second-order valence-corrected chi connectivity index (χ2v) is 10.0. The Morgan fingerprint density at radius 3 is 2.29 bits per heavy atom. The van der Waals surface area contributed by atoms with Crippen molar-refractivity contribution in [2.24, 2.45) is 0 Å². The molecule has 0 aliphatic carbocycles. The summed E-state index contributed by atoms with van der Waals surface area (Å²) in [6.45, 7) is 6.30. The Hall–Kier alpha value is -2.38. The molecule has 0 atom stereocenters. The molecule has 1 aliphatic heterocycles. The van der Waals surface area contributed by atoms with Crippen molar-refractivity contribution >= 4 is 44.8 Å². The van der Waals surface area contributed by atoms with Gasteiger partial charge in [0.15, 0.2) is 0 Å². The maximum atomic E-state index is 12.6. The third-order valence-corrected chi connectivity index (χ3v) is 6.51. The Morgan fingerprint density at radius 1 is 1.11 bits per heavy atom. The maximum absolute atomic E-state index is 12.6. The van der Waals surface area contributed by atoms with Gasteiger partial charge in [-0.05, 0) is 41.3 Å². The average molecular weight is 421 g/mol. The van der Waals surface area contributed by atoms with Gasteiger partial charge in [0.2, 0.25) is 15.9 Å². The van der Waals surface area contributed by atoms with E-state index < -0.39 is 21.8 Å². The zero-order valence-electron chi connectivity index (χ0n) is 15.8. The lowest BCUT2D eigenvalue weighted by Crippen LogP contribution is -2.29. The Morgan fingerprint density at radius 2 is 1.75 bits per heavy atom. The van der Waals surface area contributed by atoms with Gasteiger partial charge >= 0.3 is 0 Å². The fraction of sp³-hybridized carbons (Fsp3) is 0.300. The van der Waals surface area contributed by atoms with Gasteiger partial charge in [-0.1, -0.05) is 44.5 Å². The van der Waals surface area contributed by atoms with E-state index in [0.29, 0.717) is 9.99 Å². The molecule has 0 spiro atoms. The van der Waals surface area contributed by atoms with Gasteiger partial charge < -0.3 is 5.32 Å². The molecule has 0 bridgehead atoms. The van der Waals surface area contributed by atoms with Crippen molar-refractivity contribution < 1.29 is 18.0 Å². The highest BCUT2D eigenvalue weighted by Gasteiger charge is 2.37. The number of carbonyl (C=O) groups excluding carboxylic acids is 2. The summed E-state index contributed by atoms with van der Waals surface area (Å²) in [4.78, 5) is 24.6. The molecule has 2 amide bonds. The van der Waals surface area contributed by atoms with E-state index >= 15 is 0 Å². The van der Waals surface area contributed by atoms with E-state index in [2.05, 4.69) is 26.1 Å². The highest BCUT2D eigenvalue weighted by atomic mass is 35.5. The normalized spacial score (nSPS) is 16.3. The van der Waals surface area contributed by atoms with E-state index in [0.717, 1.165) is 5.56 Å². The summed E-state index contributed by atoms with van der Waals surface area (Å²) < 4.78 is 25.0. The van der Waals surface area contributed by atoms with E-state index in [1.807, 2.05) is 24.3 Å². The van der Waals surface area contributed by atoms with Crippen LogP contribution in [0.2, 0.25) is 5.02 Å². The SMILES string of the molecule is CC(C)(C)c1ccc(NC(=O)c2ccc(Cl)c(N3C(=O)CCS3(=O)=O)c2)cc1. The molecule has 1 fully saturated rings. The second kappa shape index (κ2) is 7.22. The third-order valence-electron chi connectivity index (χ3n) is 4.51. The van der Waals surface area contributed by atoms with Gasteiger partial charge in [0, 0.05) is 17.7 Å². The van der Waals surface area contributed by atoms with Crippen molar-refractivity contribution in [3.8, 4) is 0 Å². The first kappa shape index (κ1) is 20.4. The standard InChI is InChI=1S/C20H21ClN2O4S/c1-20(2,3)14-5-7-15(8-6-14)22-19(25)13-4-9-16(21)17(12-13)23-18(24)10-11-28(23,26)27/h4-9,12H,10-11H2,1-3H3,(H,22,25). The Kier molecular flexibility index (Phi) is 5.25. The molecule has 2 aromatic rings. The maximum Gasteiger partial charge on any atom is 0.255 e. The van der Waals surface area contributed by atoms with E-state index in [1.165, 1.54) is 18.2 Å². The molecule has 0 aromatic heterocycles. The van der Waals surface area contributed by atoms with Crippen molar-refractivity contribution in [1.29, 1.82) is 0 Å². The molecule has 8 heteroatoms. The minimum absolute atomic E-state index is 0.0000952. The molecule has 0 radical (unpaired) electrons. The van der Waals surface area contributed by atoms with E-state index in [1.54, 1.807) is 0 Å². The highest BCUT2D eigenvalue weighted by Crippen LogP contribution is 2.33. The molecule has 28 heavy (non-hydrogen) atoms. The largest absolute Gasteiger partial charge is 0.322 e. The predicted octanol–water partition coefficient (Wildman–Crippen LogP) is 3.96. The fourth-order valence-corrected chi connectivity index (χ4v) is 4.63. The number of hydrogen-bond acceptors (Lipinski definition) is 4. The van der Waals surface area contributed by atoms with Crippen LogP contribution in [0.3, 0.4) is 0 Å². The molecule has 1 saturated heterocycles. The lowest BCUT2D eigenvalue weighted by Gasteiger charge is -2.19. The number of hydrogen-bond donors (Lipinski definition) is 1. The van der Waals surface area contributed by atoms with Crippen molar-refractivity contribution in [3.05, 3.63) is 58.6 Å². The minimum Gasteiger partial charge on any atom is -0.322 e. The molecule has 1 N–H and O–H groups in total. The van der Waals surface area contributed by atoms with Gasteiger partial charge in [-0.3, -0.25) is 9.59 Å². The van der Waals surface area contributed by atoms with Crippen LogP contribution in [-0.4, -0.2) is 26.0 Å². The number of benzene rings is 2. The predicted molar refractivity (Wildman–Crippen MR) is 110 cm³/mol. The number of rotatable bonds is 3. The molecular formula is C20H21ClN2O4S. The van der Waals surface area contributed by atoms with E-state index in [4.69, 9.17) is 11.6 Å². The van der Waals surface area contributed by atoms with Gasteiger partial charge in [0.1, 0.15) is 0 Å². The van der Waals surface area contributed by atoms with Crippen LogP contribution in [0.4, 0.5) is 11.4 Å². The summed E-state index contributed by atoms with van der Waals surface area (Å²) in [5, 5.41) is 2.86. The quantitative estimate of drug-likeness (QED) is 0.814. The summed E-state index contributed by atoms with van der Waals surface area (Å²) >= 11 is 6.10. The second-order valence-electron chi connectivity index (χ2n) is 7.67. The number of halogens is 1. The molecule has 0 unspecified atom stereocenters. The molecule has 1 heterocycles. The summed E-state index contributed by atoms with van der Waals surface area (Å²) in [6, 6.07) is 11.7. The van der Waals surface area contributed by atoms with Gasteiger partial charge in [0.05, 0.1) is 16.5 Å². The van der Waals surface area contributed by atoms with Gasteiger partial charge in [-0.2, -0.15) is 0 Å². The average Bonchev–Trinajstić information content (AvgIpc) is 2.88. The van der Waals surface area contributed by atoms with Gasteiger partial charge in [-0.15, -0.1) is 0 Å². The number of nitrogens with one attached hydrogen (secondary N) is 1. The summed E-state index contributed by atoms with van der Waals surface area (Å²) in [5.41, 5.74) is 1.95. The van der Waals surface area contributed by atoms with Crippen molar-refractivity contribution in [1.82, 2.24) is 0 Å². The topological polar surface area (TPSA) is 83.6 Å². The Labute approximate surface area is 169 Å². The minimum atomic E-state index is -3.76. The number of amides is 2. The van der Waals surface area contributed by atoms with E-state index in [9.17, 15) is 18.0 Å². The molecule has 1 aliphatic rings. The van der Waals surface area contributed by atoms with Crippen LogP contribution in [0.1, 0.15) is 43.1 Å². The summed E-state index contributed by atoms with van der Waals surface area (Å²) in [5.74, 6) is -1.25. The number of carbonyl (C=O) groups is 2. The highest BCUT2D eigenvalue weighted by molar-refractivity contribution is 7.94. The van der Waals surface area contributed by atoms with Crippen molar-refractivity contribution in [2.75, 3.05) is 15.4 Å². The van der Waals surface area contributed by atoms with Crippen LogP contribution in [0, 0.1) is 0 Å². The van der Waals surface area contributed by atoms with Gasteiger partial charge in [0.25, 0.3) is 5.91 Å². The molecule has 148 valence electrons. The smallest absolute Gasteiger partial charge is 0.255 e. The first-order chi connectivity index (χ1) is 13.0. The Bertz CT molecular complexity index is 1040. The monoisotopic (exact) mass is 420 g/mol. The van der Waals surface area contributed by atoms with Gasteiger partial charge in [-0.25, -0.2) is 12.7 Å². The Balaban J connectivity index is 1.86. The van der Waals surface area contributed by atoms with Crippen LogP contribution in [0.5, 0.6) is 0 Å². The first-order valence-corrected chi connectivity index (χ1v) is 10.7. The van der Waals surface area contributed by atoms with Crippen LogP contribution in [0.15, 0.2) is 42.5 Å². The molecule has 0 saturated carbocycles. The van der Waals surface area contributed by atoms with E-state index in [-0.39, 0.29) is 33.9 Å². The van der Waals surface area contributed by atoms with Crippen LogP contribution in [0.25, 0.3) is 0 Å². The molecule has 6 nitrogen and oxygen atoms in total. The summed E-state index contributed by atoms with van der Waals surface area (Å²) in [6.07, 6.45) is -0.102. The lowest BCUT2D eigenvalue weighted by atomic mass is 9.87. The molecule has 2 aromatic carbocycles. The fourth-order valence-electron chi connectivity index (χ4n) is 2.91. The number of sulfonamides is 1. The first-order valence-electron chi connectivity index (χ1n) is 8.76. The van der Waals surface area contributed by atoms with Crippen LogP contribution in [-0.2, 0) is 20.2 Å². The lowest BCUT2D eigenvalue weighted by molar-refractivity contribution is -0.116. The molecular weight excluding hydrogens is 400 g/mol. The summed E-state index contributed by atoms with van der Waals surface area (Å²) in [7, 11) is -3.76. The van der Waals surface area contributed by atoms with Crippen LogP contribution < -0.4 is 9.62 Å². The third kappa shape index (κ3) is 4.05. The zero-order chi connectivity index (χ0) is 20.7. The number of anilines is 2. The molecule has 3 rings (SSSR count). The zero-order valence-corrected chi connectivity index (χ0v) is 17.4.